The number of hydrogen-bond donors (Lipinski definition) is 4. The molecule has 2 aliphatic heterocycles. The van der Waals surface area contributed by atoms with Crippen LogP contribution in [0, 0.1) is 0 Å². The number of amides is 3. The number of anilines is 1. The Morgan fingerprint density at radius 2 is 2.28 bits per heavy atom. The van der Waals surface area contributed by atoms with Gasteiger partial charge in [-0.15, -0.1) is 40.0 Å². The number of carbonyl (C=O) groups is 4. The first kappa shape index (κ1) is 22.5. The summed E-state index contributed by atoms with van der Waals surface area (Å²) in [5.41, 5.74) is 6.39. The highest BCUT2D eigenvalue weighted by Gasteiger charge is 2.54. The number of hydrogen-bond acceptors (Lipinski definition) is 12. The number of thiazole rings is 1. The third kappa shape index (κ3) is 4.30. The number of nitrogens with two attached hydrogens (primary N) is 1. The minimum absolute atomic E-state index is 0.0657. The highest BCUT2D eigenvalue weighted by atomic mass is 32.2. The molecule has 32 heavy (non-hydrogen) atoms. The second kappa shape index (κ2) is 9.43. The predicted octanol–water partition coefficient (Wildman–Crippen LogP) is -0.105. The van der Waals surface area contributed by atoms with E-state index in [-0.39, 0.29) is 16.5 Å². The number of carbonyl (C=O) groups excluding carboxylic acids is 3. The van der Waals surface area contributed by atoms with E-state index in [4.69, 9.17) is 5.73 Å². The number of thioether (sulfide) groups is 2. The van der Waals surface area contributed by atoms with Crippen LogP contribution in [0.4, 0.5) is 5.13 Å². The second-order valence-corrected chi connectivity index (χ2v) is 10.6. The summed E-state index contributed by atoms with van der Waals surface area (Å²) in [4.78, 5) is 53.6. The molecule has 3 amide bonds. The van der Waals surface area contributed by atoms with Gasteiger partial charge in [0.1, 0.15) is 21.3 Å². The van der Waals surface area contributed by atoms with Crippen molar-refractivity contribution >= 4 is 75.7 Å². The van der Waals surface area contributed by atoms with Gasteiger partial charge < -0.3 is 21.5 Å². The van der Waals surface area contributed by atoms with Crippen molar-refractivity contribution in [1.82, 2.24) is 30.1 Å². The molecule has 0 spiro atoms. The van der Waals surface area contributed by atoms with Crippen LogP contribution in [0.1, 0.15) is 11.7 Å². The Bertz CT molecular complexity index is 1090. The maximum atomic E-state index is 12.8. The van der Waals surface area contributed by atoms with Crippen LogP contribution in [0.15, 0.2) is 27.1 Å². The number of carboxylic acids is 1. The molecule has 0 aromatic carbocycles. The fraction of sp³-hybridized carbons (Fsp3) is 0.312. The Labute approximate surface area is 197 Å². The number of aliphatic carboxylic acids is 1. The zero-order chi connectivity index (χ0) is 22.8. The predicted molar refractivity (Wildman–Crippen MR) is 119 cm³/mol. The van der Waals surface area contributed by atoms with Crippen molar-refractivity contribution in [2.75, 3.05) is 17.2 Å². The normalized spacial score (nSPS) is 20.9. The first-order valence-electron chi connectivity index (χ1n) is 8.91. The van der Waals surface area contributed by atoms with E-state index in [9.17, 15) is 24.3 Å². The van der Waals surface area contributed by atoms with Crippen molar-refractivity contribution in [3.8, 4) is 0 Å². The van der Waals surface area contributed by atoms with Gasteiger partial charge in [0, 0.05) is 16.9 Å². The molecule has 3 atom stereocenters. The van der Waals surface area contributed by atoms with E-state index in [1.54, 1.807) is 6.20 Å². The Balaban J connectivity index is 1.48. The van der Waals surface area contributed by atoms with Crippen LogP contribution in [-0.4, -0.2) is 71.7 Å². The monoisotopic (exact) mass is 513 g/mol. The van der Waals surface area contributed by atoms with Gasteiger partial charge in [-0.3, -0.25) is 19.3 Å². The summed E-state index contributed by atoms with van der Waals surface area (Å²) in [6.45, 7) is 0. The lowest BCUT2D eigenvalue weighted by Gasteiger charge is -2.49. The summed E-state index contributed by atoms with van der Waals surface area (Å²) in [5.74, 6) is -1.61. The Morgan fingerprint density at radius 1 is 1.47 bits per heavy atom. The third-order valence-electron chi connectivity index (χ3n) is 4.61. The van der Waals surface area contributed by atoms with E-state index >= 15 is 0 Å². The average Bonchev–Trinajstić information content (AvgIpc) is 3.45. The zero-order valence-electron chi connectivity index (χ0n) is 16.0. The molecule has 168 valence electrons. The molecule has 12 nitrogen and oxygen atoms in total. The maximum absolute atomic E-state index is 12.8. The molecule has 5 N–H and O–H groups in total. The van der Waals surface area contributed by atoms with Crippen LogP contribution in [0.3, 0.4) is 0 Å². The molecule has 2 aromatic rings. The van der Waals surface area contributed by atoms with Crippen LogP contribution < -0.4 is 16.4 Å². The van der Waals surface area contributed by atoms with Crippen molar-refractivity contribution < 1.29 is 24.3 Å². The average molecular weight is 514 g/mol. The fourth-order valence-corrected chi connectivity index (χ4v) is 6.70. The van der Waals surface area contributed by atoms with Gasteiger partial charge >= 0.3 is 5.97 Å². The first-order valence-corrected chi connectivity index (χ1v) is 12.6. The molecule has 1 saturated heterocycles. The zero-order valence-corrected chi connectivity index (χ0v) is 19.2. The third-order valence-corrected chi connectivity index (χ3v) is 8.56. The SMILES string of the molecule is Nc1nc(C(NC=O)C(=O)N[C@@H]2C(=O)N3C(C(=O)O)=C(CSc4cnns4)CS[C@H]23)cs1. The molecule has 0 saturated carbocycles. The quantitative estimate of drug-likeness (QED) is 0.200. The van der Waals surface area contributed by atoms with Crippen molar-refractivity contribution in [1.29, 1.82) is 0 Å². The van der Waals surface area contributed by atoms with E-state index in [0.717, 1.165) is 15.5 Å². The number of nitrogens with one attached hydrogen (secondary N) is 2. The molecule has 1 fully saturated rings. The maximum Gasteiger partial charge on any atom is 0.352 e. The van der Waals surface area contributed by atoms with Crippen molar-refractivity contribution in [2.45, 2.75) is 21.7 Å². The fourth-order valence-electron chi connectivity index (χ4n) is 3.21. The molecule has 4 rings (SSSR count). The largest absolute Gasteiger partial charge is 0.477 e. The number of fused-ring (bicyclic) bond motifs is 1. The molecule has 0 aliphatic carbocycles. The minimum atomic E-state index is -1.20. The minimum Gasteiger partial charge on any atom is -0.477 e. The first-order chi connectivity index (χ1) is 15.4. The Hall–Kier alpha value is -2.69. The van der Waals surface area contributed by atoms with Crippen molar-refractivity contribution in [3.63, 3.8) is 0 Å². The van der Waals surface area contributed by atoms with E-state index in [1.165, 1.54) is 45.3 Å². The number of carboxylic acid groups (broad SMARTS) is 1. The molecule has 4 heterocycles. The van der Waals surface area contributed by atoms with Gasteiger partial charge in [0.25, 0.3) is 5.91 Å². The van der Waals surface area contributed by atoms with Gasteiger partial charge in [-0.2, -0.15) is 0 Å². The van der Waals surface area contributed by atoms with Gasteiger partial charge in [0.15, 0.2) is 11.2 Å². The number of β-lactam (4-membered cyclic amide) rings is 1. The molecule has 1 unspecified atom stereocenters. The second-order valence-electron chi connectivity index (χ2n) is 6.51. The number of aromatic nitrogens is 3. The number of rotatable bonds is 9. The van der Waals surface area contributed by atoms with Crippen molar-refractivity contribution in [3.05, 3.63) is 28.5 Å². The van der Waals surface area contributed by atoms with Gasteiger partial charge in [-0.1, -0.05) is 4.49 Å². The number of nitrogen functional groups attached to an aromatic ring is 1. The summed E-state index contributed by atoms with van der Waals surface area (Å²) < 4.78 is 4.61. The van der Waals surface area contributed by atoms with E-state index in [0.29, 0.717) is 23.5 Å². The van der Waals surface area contributed by atoms with Crippen LogP contribution in [-0.2, 0) is 19.2 Å². The highest BCUT2D eigenvalue weighted by Crippen LogP contribution is 2.42. The topological polar surface area (TPSA) is 180 Å². The molecule has 16 heteroatoms. The molecular formula is C16H15N7O5S4. The molecule has 2 aromatic heterocycles. The van der Waals surface area contributed by atoms with Crippen LogP contribution in [0.2, 0.25) is 0 Å². The van der Waals surface area contributed by atoms with Crippen LogP contribution >= 0.6 is 46.4 Å². The lowest BCUT2D eigenvalue weighted by atomic mass is 10.0. The van der Waals surface area contributed by atoms with Gasteiger partial charge in [-0.25, -0.2) is 9.78 Å². The van der Waals surface area contributed by atoms with E-state index in [1.807, 2.05) is 0 Å². The van der Waals surface area contributed by atoms with Crippen molar-refractivity contribution in [2.24, 2.45) is 0 Å². The molecular weight excluding hydrogens is 498 g/mol. The molecule has 2 aliphatic rings. The number of nitrogens with zero attached hydrogens (tertiary/aromatic N) is 4. The summed E-state index contributed by atoms with van der Waals surface area (Å²) in [7, 11) is 0. The summed E-state index contributed by atoms with van der Waals surface area (Å²) in [5, 5.41) is 19.7. The Morgan fingerprint density at radius 3 is 2.91 bits per heavy atom. The standard InChI is InChI=1S/C16H15N7O5S4/c17-16-20-7(4-31-16)9(18-5-24)12(25)21-10-13(26)23-11(15(27)28)6(3-30-14(10)23)2-29-8-1-19-22-32-8/h1,4-5,9-10,14H,2-3H2,(H2,17,20)(H,18,24)(H,21,25)(H,27,28)/t9?,10-,14-/m1/s1. The van der Waals surface area contributed by atoms with Gasteiger partial charge in [0.2, 0.25) is 12.3 Å². The summed E-state index contributed by atoms with van der Waals surface area (Å²) in [6, 6.07) is -2.04. The lowest BCUT2D eigenvalue weighted by molar-refractivity contribution is -0.151. The van der Waals surface area contributed by atoms with Gasteiger partial charge in [-0.05, 0) is 17.1 Å². The lowest BCUT2D eigenvalue weighted by Crippen LogP contribution is -2.71. The molecule has 0 radical (unpaired) electrons. The van der Waals surface area contributed by atoms with Crippen LogP contribution in [0.25, 0.3) is 0 Å². The van der Waals surface area contributed by atoms with Gasteiger partial charge in [0.05, 0.1) is 11.9 Å². The Kier molecular flexibility index (Phi) is 6.63. The smallest absolute Gasteiger partial charge is 0.352 e. The summed E-state index contributed by atoms with van der Waals surface area (Å²) >= 11 is 5.08. The van der Waals surface area contributed by atoms with E-state index in [2.05, 4.69) is 25.2 Å². The van der Waals surface area contributed by atoms with Crippen LogP contribution in [0.5, 0.6) is 0 Å². The highest BCUT2D eigenvalue weighted by molar-refractivity contribution is 8.01. The summed E-state index contributed by atoms with van der Waals surface area (Å²) in [6.07, 6.45) is 1.95. The van der Waals surface area contributed by atoms with E-state index < -0.39 is 35.2 Å². The molecule has 0 bridgehead atoms.